The third-order valence-corrected chi connectivity index (χ3v) is 3.80. The standard InChI is InChI=1S/C15H21ClN2O.ClH/c1-2-18(11-12-6-5-7-13(16)10-12)15(19)14-8-3-4-9-17-14;/h5-7,10,14,17H,2-4,8-9,11H2,1H3;1H/t14-;/m0./s1. The van der Waals surface area contributed by atoms with E-state index in [2.05, 4.69) is 5.32 Å². The van der Waals surface area contributed by atoms with Crippen LogP contribution in [0.4, 0.5) is 0 Å². The van der Waals surface area contributed by atoms with E-state index in [0.29, 0.717) is 6.54 Å². The maximum Gasteiger partial charge on any atom is 0.239 e. The molecule has 112 valence electrons. The van der Waals surface area contributed by atoms with Crippen molar-refractivity contribution in [2.75, 3.05) is 13.1 Å². The Morgan fingerprint density at radius 3 is 2.85 bits per heavy atom. The highest BCUT2D eigenvalue weighted by Crippen LogP contribution is 2.15. The highest BCUT2D eigenvalue weighted by molar-refractivity contribution is 6.30. The van der Waals surface area contributed by atoms with Crippen LogP contribution in [0.1, 0.15) is 31.7 Å². The van der Waals surface area contributed by atoms with Crippen molar-refractivity contribution in [3.63, 3.8) is 0 Å². The average Bonchev–Trinajstić information content (AvgIpc) is 2.45. The van der Waals surface area contributed by atoms with E-state index in [1.807, 2.05) is 36.1 Å². The second-order valence-corrected chi connectivity index (χ2v) is 5.42. The van der Waals surface area contributed by atoms with Gasteiger partial charge >= 0.3 is 0 Å². The molecule has 2 rings (SSSR count). The molecule has 1 atom stereocenters. The molecule has 1 saturated heterocycles. The zero-order valence-corrected chi connectivity index (χ0v) is 13.3. The molecular weight excluding hydrogens is 295 g/mol. The maximum atomic E-state index is 12.4. The fraction of sp³-hybridized carbons (Fsp3) is 0.533. The highest BCUT2D eigenvalue weighted by Gasteiger charge is 2.24. The van der Waals surface area contributed by atoms with Crippen LogP contribution in [0.15, 0.2) is 24.3 Å². The van der Waals surface area contributed by atoms with Crippen LogP contribution in [0, 0.1) is 0 Å². The zero-order chi connectivity index (χ0) is 13.7. The molecule has 1 N–H and O–H groups in total. The number of piperidine rings is 1. The van der Waals surface area contributed by atoms with Gasteiger partial charge in [-0.15, -0.1) is 12.4 Å². The predicted molar refractivity (Wildman–Crippen MR) is 85.4 cm³/mol. The summed E-state index contributed by atoms with van der Waals surface area (Å²) >= 11 is 5.98. The lowest BCUT2D eigenvalue weighted by atomic mass is 10.0. The third kappa shape index (κ3) is 4.65. The third-order valence-electron chi connectivity index (χ3n) is 3.56. The monoisotopic (exact) mass is 316 g/mol. The summed E-state index contributed by atoms with van der Waals surface area (Å²) in [7, 11) is 0. The first-order valence-corrected chi connectivity index (χ1v) is 7.35. The number of benzene rings is 1. The van der Waals surface area contributed by atoms with Crippen molar-refractivity contribution >= 4 is 29.9 Å². The molecule has 3 nitrogen and oxygen atoms in total. The van der Waals surface area contributed by atoms with Crippen molar-refractivity contribution in [1.29, 1.82) is 0 Å². The van der Waals surface area contributed by atoms with E-state index in [0.717, 1.165) is 36.5 Å². The fourth-order valence-electron chi connectivity index (χ4n) is 2.48. The molecule has 0 bridgehead atoms. The van der Waals surface area contributed by atoms with Gasteiger partial charge < -0.3 is 10.2 Å². The number of nitrogens with zero attached hydrogens (tertiary/aromatic N) is 1. The summed E-state index contributed by atoms with van der Waals surface area (Å²) in [5.41, 5.74) is 1.08. The first-order chi connectivity index (χ1) is 9.20. The van der Waals surface area contributed by atoms with Crippen molar-refractivity contribution in [1.82, 2.24) is 10.2 Å². The molecule has 20 heavy (non-hydrogen) atoms. The molecule has 1 heterocycles. The molecule has 0 unspecified atom stereocenters. The van der Waals surface area contributed by atoms with Crippen LogP contribution in [0.3, 0.4) is 0 Å². The minimum Gasteiger partial charge on any atom is -0.337 e. The molecule has 0 aliphatic carbocycles. The summed E-state index contributed by atoms with van der Waals surface area (Å²) in [4.78, 5) is 14.3. The Hall–Kier alpha value is -0.770. The lowest BCUT2D eigenvalue weighted by Gasteiger charge is -2.29. The van der Waals surface area contributed by atoms with E-state index in [1.165, 1.54) is 6.42 Å². The zero-order valence-electron chi connectivity index (χ0n) is 11.8. The van der Waals surface area contributed by atoms with Crippen LogP contribution in [0.5, 0.6) is 0 Å². The molecule has 0 saturated carbocycles. The van der Waals surface area contributed by atoms with Crippen LogP contribution in [0.25, 0.3) is 0 Å². The Balaban J connectivity index is 0.00000200. The molecule has 5 heteroatoms. The van der Waals surface area contributed by atoms with E-state index in [1.54, 1.807) is 0 Å². The topological polar surface area (TPSA) is 32.3 Å². The summed E-state index contributed by atoms with van der Waals surface area (Å²) in [5, 5.41) is 4.03. The SMILES string of the molecule is CCN(Cc1cccc(Cl)c1)C(=O)[C@@H]1CCCCN1.Cl. The molecule has 0 spiro atoms. The molecule has 0 aromatic heterocycles. The number of hydrogen-bond donors (Lipinski definition) is 1. The van der Waals surface area contributed by atoms with Gasteiger partial charge in [0.25, 0.3) is 0 Å². The normalized spacial score (nSPS) is 18.2. The molecule has 1 aromatic carbocycles. The second-order valence-electron chi connectivity index (χ2n) is 4.98. The molecule has 0 radical (unpaired) electrons. The maximum absolute atomic E-state index is 12.4. The minimum absolute atomic E-state index is 0. The van der Waals surface area contributed by atoms with Gasteiger partial charge in [0.2, 0.25) is 5.91 Å². The minimum atomic E-state index is -0.00659. The van der Waals surface area contributed by atoms with Gasteiger partial charge in [0.05, 0.1) is 6.04 Å². The van der Waals surface area contributed by atoms with E-state index < -0.39 is 0 Å². The van der Waals surface area contributed by atoms with E-state index in [-0.39, 0.29) is 24.4 Å². The van der Waals surface area contributed by atoms with Crippen molar-refractivity contribution < 1.29 is 4.79 Å². The quantitative estimate of drug-likeness (QED) is 0.924. The van der Waals surface area contributed by atoms with Gasteiger partial charge in [0.1, 0.15) is 0 Å². The van der Waals surface area contributed by atoms with Crippen molar-refractivity contribution in [3.8, 4) is 0 Å². The first kappa shape index (κ1) is 17.3. The largest absolute Gasteiger partial charge is 0.337 e. The number of rotatable bonds is 4. The molecule has 1 aromatic rings. The summed E-state index contributed by atoms with van der Waals surface area (Å²) in [6.45, 7) is 4.33. The van der Waals surface area contributed by atoms with Crippen molar-refractivity contribution in [3.05, 3.63) is 34.9 Å². The Kier molecular flexibility index (Phi) is 7.35. The molecule has 1 aliphatic heterocycles. The summed E-state index contributed by atoms with van der Waals surface area (Å²) in [5.74, 6) is 0.210. The summed E-state index contributed by atoms with van der Waals surface area (Å²) < 4.78 is 0. The van der Waals surface area contributed by atoms with Crippen LogP contribution in [-0.2, 0) is 11.3 Å². The Morgan fingerprint density at radius 2 is 2.25 bits per heavy atom. The number of halogens is 2. The summed E-state index contributed by atoms with van der Waals surface area (Å²) in [6, 6.07) is 7.70. The molecule has 1 amide bonds. The number of carbonyl (C=O) groups excluding carboxylic acids is 1. The number of carbonyl (C=O) groups is 1. The van der Waals surface area contributed by atoms with Crippen molar-refractivity contribution in [2.45, 2.75) is 38.8 Å². The molecular formula is C15H22Cl2N2O. The van der Waals surface area contributed by atoms with Crippen molar-refractivity contribution in [2.24, 2.45) is 0 Å². The van der Waals surface area contributed by atoms with Gasteiger partial charge in [0.15, 0.2) is 0 Å². The Labute approximate surface area is 132 Å². The lowest BCUT2D eigenvalue weighted by Crippen LogP contribution is -2.48. The number of nitrogens with one attached hydrogen (secondary N) is 1. The van der Waals surface area contributed by atoms with Gasteiger partial charge in [-0.1, -0.05) is 30.2 Å². The highest BCUT2D eigenvalue weighted by atomic mass is 35.5. The number of hydrogen-bond acceptors (Lipinski definition) is 2. The van der Waals surface area contributed by atoms with E-state index in [9.17, 15) is 4.79 Å². The molecule has 1 fully saturated rings. The predicted octanol–water partition coefficient (Wildman–Crippen LogP) is 3.25. The molecule has 1 aliphatic rings. The van der Waals surface area contributed by atoms with Crippen LogP contribution < -0.4 is 5.32 Å². The lowest BCUT2D eigenvalue weighted by molar-refractivity contribution is -0.134. The van der Waals surface area contributed by atoms with Gasteiger partial charge in [-0.05, 0) is 44.0 Å². The van der Waals surface area contributed by atoms with Crippen LogP contribution >= 0.6 is 24.0 Å². The Morgan fingerprint density at radius 1 is 1.45 bits per heavy atom. The van der Waals surface area contributed by atoms with Crippen LogP contribution in [-0.4, -0.2) is 29.9 Å². The van der Waals surface area contributed by atoms with Gasteiger partial charge in [-0.2, -0.15) is 0 Å². The summed E-state index contributed by atoms with van der Waals surface area (Å²) in [6.07, 6.45) is 3.26. The van der Waals surface area contributed by atoms with Gasteiger partial charge in [-0.3, -0.25) is 4.79 Å². The van der Waals surface area contributed by atoms with Gasteiger partial charge in [0, 0.05) is 18.1 Å². The smallest absolute Gasteiger partial charge is 0.239 e. The van der Waals surface area contributed by atoms with Gasteiger partial charge in [-0.25, -0.2) is 0 Å². The van der Waals surface area contributed by atoms with Crippen LogP contribution in [0.2, 0.25) is 5.02 Å². The number of amides is 1. The fourth-order valence-corrected chi connectivity index (χ4v) is 2.70. The number of likely N-dealkylation sites (N-methyl/N-ethyl adjacent to an activating group) is 1. The second kappa shape index (κ2) is 8.50. The Bertz CT molecular complexity index is 434. The first-order valence-electron chi connectivity index (χ1n) is 6.97. The van der Waals surface area contributed by atoms with E-state index in [4.69, 9.17) is 11.6 Å². The average molecular weight is 317 g/mol. The van der Waals surface area contributed by atoms with E-state index >= 15 is 0 Å².